The molecule has 3 nitrogen and oxygen atoms in total. The standard InChI is InChI=1S/C15H24N2O/c1-3-13-10-12(4-7-15(13)18-2)11-16-8-9-17-14-5-6-14/h4,7,10,14,16-17H,3,5-6,8-9,11H2,1-2H3. The summed E-state index contributed by atoms with van der Waals surface area (Å²) in [4.78, 5) is 0. The Bertz CT molecular complexity index is 375. The second-order valence-electron chi connectivity index (χ2n) is 4.90. The maximum Gasteiger partial charge on any atom is 0.122 e. The number of rotatable bonds is 8. The first-order valence-electron chi connectivity index (χ1n) is 6.93. The molecule has 0 aromatic heterocycles. The van der Waals surface area contributed by atoms with E-state index in [-0.39, 0.29) is 0 Å². The van der Waals surface area contributed by atoms with Crippen molar-refractivity contribution in [2.45, 2.75) is 38.8 Å². The lowest BCUT2D eigenvalue weighted by Crippen LogP contribution is -2.28. The van der Waals surface area contributed by atoms with Crippen LogP contribution in [0.2, 0.25) is 0 Å². The molecule has 0 radical (unpaired) electrons. The van der Waals surface area contributed by atoms with Gasteiger partial charge >= 0.3 is 0 Å². The zero-order valence-corrected chi connectivity index (χ0v) is 11.5. The molecule has 0 heterocycles. The molecule has 0 amide bonds. The molecule has 0 spiro atoms. The fraction of sp³-hybridized carbons (Fsp3) is 0.600. The van der Waals surface area contributed by atoms with Gasteiger partial charge in [0.25, 0.3) is 0 Å². The second kappa shape index (κ2) is 6.76. The number of aryl methyl sites for hydroxylation is 1. The van der Waals surface area contributed by atoms with Crippen LogP contribution in [-0.2, 0) is 13.0 Å². The maximum atomic E-state index is 5.34. The highest BCUT2D eigenvalue weighted by molar-refractivity contribution is 5.37. The van der Waals surface area contributed by atoms with Crippen LogP contribution < -0.4 is 15.4 Å². The first kappa shape index (κ1) is 13.4. The highest BCUT2D eigenvalue weighted by Gasteiger charge is 2.19. The highest BCUT2D eigenvalue weighted by atomic mass is 16.5. The minimum absolute atomic E-state index is 0.805. The summed E-state index contributed by atoms with van der Waals surface area (Å²) in [6, 6.07) is 7.25. The number of benzene rings is 1. The van der Waals surface area contributed by atoms with Crippen LogP contribution in [0, 0.1) is 0 Å². The number of hydrogen-bond donors (Lipinski definition) is 2. The molecule has 18 heavy (non-hydrogen) atoms. The summed E-state index contributed by atoms with van der Waals surface area (Å²) < 4.78 is 5.34. The fourth-order valence-electron chi connectivity index (χ4n) is 2.10. The van der Waals surface area contributed by atoms with E-state index in [1.54, 1.807) is 7.11 Å². The molecule has 0 bridgehead atoms. The van der Waals surface area contributed by atoms with Crippen LogP contribution in [0.15, 0.2) is 18.2 Å². The van der Waals surface area contributed by atoms with Crippen molar-refractivity contribution in [3.63, 3.8) is 0 Å². The van der Waals surface area contributed by atoms with Gasteiger partial charge in [0.05, 0.1) is 7.11 Å². The van der Waals surface area contributed by atoms with Crippen LogP contribution >= 0.6 is 0 Å². The van der Waals surface area contributed by atoms with Gasteiger partial charge < -0.3 is 15.4 Å². The largest absolute Gasteiger partial charge is 0.496 e. The van der Waals surface area contributed by atoms with Crippen LogP contribution in [0.5, 0.6) is 5.75 Å². The van der Waals surface area contributed by atoms with Crippen LogP contribution in [0.3, 0.4) is 0 Å². The Kier molecular flexibility index (Phi) is 5.02. The Labute approximate surface area is 110 Å². The zero-order valence-electron chi connectivity index (χ0n) is 11.5. The van der Waals surface area contributed by atoms with Gasteiger partial charge in [-0.25, -0.2) is 0 Å². The summed E-state index contributed by atoms with van der Waals surface area (Å²) in [6.45, 7) is 5.20. The molecule has 1 fully saturated rings. The van der Waals surface area contributed by atoms with Gasteiger partial charge in [-0.1, -0.05) is 19.1 Å². The summed E-state index contributed by atoms with van der Waals surface area (Å²) in [6.07, 6.45) is 3.73. The summed E-state index contributed by atoms with van der Waals surface area (Å²) in [7, 11) is 1.73. The molecular weight excluding hydrogens is 224 g/mol. The lowest BCUT2D eigenvalue weighted by atomic mass is 10.1. The third kappa shape index (κ3) is 4.00. The van der Waals surface area contributed by atoms with E-state index in [0.29, 0.717) is 0 Å². The van der Waals surface area contributed by atoms with E-state index in [1.807, 2.05) is 0 Å². The third-order valence-electron chi connectivity index (χ3n) is 3.37. The fourth-order valence-corrected chi connectivity index (χ4v) is 2.10. The first-order chi connectivity index (χ1) is 8.83. The van der Waals surface area contributed by atoms with Gasteiger partial charge in [-0.2, -0.15) is 0 Å². The monoisotopic (exact) mass is 248 g/mol. The molecule has 0 aliphatic heterocycles. The molecule has 0 saturated heterocycles. The minimum atomic E-state index is 0.805. The molecule has 1 aromatic rings. The Hall–Kier alpha value is -1.06. The van der Waals surface area contributed by atoms with Crippen LogP contribution in [0.25, 0.3) is 0 Å². The van der Waals surface area contributed by atoms with Gasteiger partial charge in [0.15, 0.2) is 0 Å². The van der Waals surface area contributed by atoms with E-state index in [1.165, 1.54) is 24.0 Å². The van der Waals surface area contributed by atoms with Gasteiger partial charge in [-0.05, 0) is 36.5 Å². The Balaban J connectivity index is 1.73. The number of methoxy groups -OCH3 is 1. The molecule has 2 N–H and O–H groups in total. The number of ether oxygens (including phenoxy) is 1. The number of hydrogen-bond acceptors (Lipinski definition) is 3. The predicted molar refractivity (Wildman–Crippen MR) is 75.1 cm³/mol. The van der Waals surface area contributed by atoms with Crippen molar-refractivity contribution in [2.24, 2.45) is 0 Å². The Morgan fingerprint density at radius 1 is 1.28 bits per heavy atom. The van der Waals surface area contributed by atoms with Crippen LogP contribution in [0.1, 0.15) is 30.9 Å². The molecule has 0 unspecified atom stereocenters. The van der Waals surface area contributed by atoms with Crippen molar-refractivity contribution in [1.29, 1.82) is 0 Å². The predicted octanol–water partition coefficient (Wildman–Crippen LogP) is 2.10. The highest BCUT2D eigenvalue weighted by Crippen LogP contribution is 2.20. The van der Waals surface area contributed by atoms with Gasteiger partial charge in [0, 0.05) is 25.7 Å². The van der Waals surface area contributed by atoms with E-state index < -0.39 is 0 Å². The summed E-state index contributed by atoms with van der Waals surface area (Å²) in [5, 5.41) is 6.97. The molecule has 1 aliphatic rings. The molecule has 100 valence electrons. The molecule has 1 aliphatic carbocycles. The van der Waals surface area contributed by atoms with Crippen molar-refractivity contribution in [3.8, 4) is 5.75 Å². The molecule has 3 heteroatoms. The second-order valence-corrected chi connectivity index (χ2v) is 4.90. The average Bonchev–Trinajstić information content (AvgIpc) is 3.22. The van der Waals surface area contributed by atoms with Gasteiger partial charge in [0.1, 0.15) is 5.75 Å². The van der Waals surface area contributed by atoms with E-state index in [0.717, 1.165) is 37.8 Å². The van der Waals surface area contributed by atoms with Crippen molar-refractivity contribution >= 4 is 0 Å². The summed E-state index contributed by atoms with van der Waals surface area (Å²) >= 11 is 0. The topological polar surface area (TPSA) is 33.3 Å². The lowest BCUT2D eigenvalue weighted by molar-refractivity contribution is 0.410. The summed E-state index contributed by atoms with van der Waals surface area (Å²) in [5.74, 6) is 0.997. The zero-order chi connectivity index (χ0) is 12.8. The average molecular weight is 248 g/mol. The van der Waals surface area contributed by atoms with E-state index in [4.69, 9.17) is 4.74 Å². The molecule has 2 rings (SSSR count). The van der Waals surface area contributed by atoms with Gasteiger partial charge in [-0.3, -0.25) is 0 Å². The van der Waals surface area contributed by atoms with Crippen molar-refractivity contribution in [3.05, 3.63) is 29.3 Å². The molecular formula is C15H24N2O. The third-order valence-corrected chi connectivity index (χ3v) is 3.37. The number of nitrogens with one attached hydrogen (secondary N) is 2. The molecule has 0 atom stereocenters. The quantitative estimate of drug-likeness (QED) is 0.691. The molecule has 1 aromatic carbocycles. The van der Waals surface area contributed by atoms with E-state index >= 15 is 0 Å². The van der Waals surface area contributed by atoms with Gasteiger partial charge in [-0.15, -0.1) is 0 Å². The van der Waals surface area contributed by atoms with Crippen molar-refractivity contribution < 1.29 is 4.74 Å². The SMILES string of the molecule is CCc1cc(CNCCNC2CC2)ccc1OC. The summed E-state index contributed by atoms with van der Waals surface area (Å²) in [5.41, 5.74) is 2.62. The van der Waals surface area contributed by atoms with Crippen molar-refractivity contribution in [1.82, 2.24) is 10.6 Å². The Morgan fingerprint density at radius 3 is 2.78 bits per heavy atom. The lowest BCUT2D eigenvalue weighted by Gasteiger charge is -2.10. The normalized spacial score (nSPS) is 14.8. The molecule has 1 saturated carbocycles. The Morgan fingerprint density at radius 2 is 2.11 bits per heavy atom. The first-order valence-corrected chi connectivity index (χ1v) is 6.93. The minimum Gasteiger partial charge on any atom is -0.496 e. The van der Waals surface area contributed by atoms with Gasteiger partial charge in [0.2, 0.25) is 0 Å². The maximum absolute atomic E-state index is 5.34. The van der Waals surface area contributed by atoms with Crippen LogP contribution in [-0.4, -0.2) is 26.2 Å². The van der Waals surface area contributed by atoms with E-state index in [2.05, 4.69) is 35.8 Å². The smallest absolute Gasteiger partial charge is 0.122 e. The van der Waals surface area contributed by atoms with Crippen molar-refractivity contribution in [2.75, 3.05) is 20.2 Å². The van der Waals surface area contributed by atoms with E-state index in [9.17, 15) is 0 Å². The van der Waals surface area contributed by atoms with Crippen LogP contribution in [0.4, 0.5) is 0 Å².